The number of carbonyl (C=O) groups excluding carboxylic acids is 2. The van der Waals surface area contributed by atoms with E-state index in [2.05, 4.69) is 11.4 Å². The van der Waals surface area contributed by atoms with E-state index in [9.17, 15) is 9.59 Å². The van der Waals surface area contributed by atoms with Crippen LogP contribution in [0.4, 0.5) is 5.69 Å². The monoisotopic (exact) mass is 330 g/mol. The Balaban J connectivity index is 1.89. The van der Waals surface area contributed by atoms with Crippen LogP contribution in [0.25, 0.3) is 0 Å². The first kappa shape index (κ1) is 18.5. The fraction of sp³-hybridized carbons (Fsp3) is 0.600. The van der Waals surface area contributed by atoms with Crippen LogP contribution in [0.1, 0.15) is 50.7 Å². The number of anilines is 1. The molecule has 0 atom stereocenters. The normalized spacial score (nSPS) is 20.5. The highest BCUT2D eigenvalue weighted by Gasteiger charge is 2.31. The molecule has 2 rings (SSSR count). The number of amides is 2. The van der Waals surface area contributed by atoms with Gasteiger partial charge in [0.15, 0.2) is 0 Å². The molecule has 2 amide bonds. The van der Waals surface area contributed by atoms with Gasteiger partial charge in [0.05, 0.1) is 0 Å². The van der Waals surface area contributed by atoms with Gasteiger partial charge >= 0.3 is 0 Å². The zero-order chi connectivity index (χ0) is 17.7. The number of rotatable bonds is 5. The van der Waals surface area contributed by atoms with Crippen LogP contribution in [0, 0.1) is 25.7 Å². The second-order valence-corrected chi connectivity index (χ2v) is 6.92. The summed E-state index contributed by atoms with van der Waals surface area (Å²) in [6.45, 7) is 9.64. The summed E-state index contributed by atoms with van der Waals surface area (Å²) in [6.07, 6.45) is 3.24. The second kappa shape index (κ2) is 8.32. The predicted octanol–water partition coefficient (Wildman–Crippen LogP) is 3.92. The zero-order valence-corrected chi connectivity index (χ0v) is 15.4. The lowest BCUT2D eigenvalue weighted by Gasteiger charge is -2.30. The Hall–Kier alpha value is -1.84. The molecule has 4 nitrogen and oxygen atoms in total. The Morgan fingerprint density at radius 1 is 0.958 bits per heavy atom. The van der Waals surface area contributed by atoms with E-state index >= 15 is 0 Å². The molecule has 1 aliphatic rings. The topological polar surface area (TPSA) is 49.4 Å². The van der Waals surface area contributed by atoms with Crippen molar-refractivity contribution in [3.8, 4) is 0 Å². The number of hydrogen-bond donors (Lipinski definition) is 1. The van der Waals surface area contributed by atoms with Gasteiger partial charge in [0, 0.05) is 30.6 Å². The van der Waals surface area contributed by atoms with Crippen molar-refractivity contribution in [2.24, 2.45) is 11.8 Å². The fourth-order valence-electron chi connectivity index (χ4n) is 3.69. The van der Waals surface area contributed by atoms with Crippen molar-refractivity contribution < 1.29 is 9.59 Å². The molecule has 1 aromatic rings. The van der Waals surface area contributed by atoms with Crippen molar-refractivity contribution in [3.63, 3.8) is 0 Å². The lowest BCUT2D eigenvalue weighted by atomic mass is 9.81. The maximum atomic E-state index is 12.5. The molecule has 0 spiro atoms. The predicted molar refractivity (Wildman–Crippen MR) is 97.9 cm³/mol. The van der Waals surface area contributed by atoms with Crippen molar-refractivity contribution in [2.45, 2.75) is 53.4 Å². The molecule has 0 unspecified atom stereocenters. The maximum absolute atomic E-state index is 12.5. The number of carbonyl (C=O) groups is 2. The van der Waals surface area contributed by atoms with E-state index in [0.717, 1.165) is 55.6 Å². The van der Waals surface area contributed by atoms with E-state index in [1.807, 2.05) is 44.7 Å². The Bertz CT molecular complexity index is 565. The van der Waals surface area contributed by atoms with Crippen LogP contribution in [0.15, 0.2) is 18.2 Å². The molecule has 1 N–H and O–H groups in total. The minimum absolute atomic E-state index is 0.0200. The molecule has 0 radical (unpaired) electrons. The third-order valence-corrected chi connectivity index (χ3v) is 5.01. The molecular weight excluding hydrogens is 300 g/mol. The fourth-order valence-corrected chi connectivity index (χ4v) is 3.69. The van der Waals surface area contributed by atoms with E-state index in [-0.39, 0.29) is 23.7 Å². The van der Waals surface area contributed by atoms with Gasteiger partial charge in [-0.2, -0.15) is 0 Å². The van der Waals surface area contributed by atoms with Crippen LogP contribution in [0.5, 0.6) is 0 Å². The molecule has 1 saturated carbocycles. The van der Waals surface area contributed by atoms with E-state index in [4.69, 9.17) is 0 Å². The highest BCUT2D eigenvalue weighted by atomic mass is 16.2. The largest absolute Gasteiger partial charge is 0.343 e. The summed E-state index contributed by atoms with van der Waals surface area (Å²) in [4.78, 5) is 26.8. The Morgan fingerprint density at radius 3 is 1.96 bits per heavy atom. The number of nitrogens with zero attached hydrogens (tertiary/aromatic N) is 1. The highest BCUT2D eigenvalue weighted by Crippen LogP contribution is 2.31. The van der Waals surface area contributed by atoms with Crippen LogP contribution in [-0.2, 0) is 9.59 Å². The van der Waals surface area contributed by atoms with E-state index < -0.39 is 0 Å². The van der Waals surface area contributed by atoms with Crippen molar-refractivity contribution in [1.82, 2.24) is 4.90 Å². The third kappa shape index (κ3) is 4.59. The molecule has 0 bridgehead atoms. The summed E-state index contributed by atoms with van der Waals surface area (Å²) in [5, 5.41) is 3.05. The lowest BCUT2D eigenvalue weighted by molar-refractivity contribution is -0.137. The smallest absolute Gasteiger partial charge is 0.227 e. The lowest BCUT2D eigenvalue weighted by Crippen LogP contribution is -2.38. The maximum Gasteiger partial charge on any atom is 0.227 e. The van der Waals surface area contributed by atoms with Gasteiger partial charge in [0.25, 0.3) is 0 Å². The molecule has 0 aliphatic heterocycles. The van der Waals surface area contributed by atoms with Crippen molar-refractivity contribution in [1.29, 1.82) is 0 Å². The Labute approximate surface area is 145 Å². The number of hydrogen-bond acceptors (Lipinski definition) is 2. The Morgan fingerprint density at radius 2 is 1.46 bits per heavy atom. The van der Waals surface area contributed by atoms with E-state index in [1.165, 1.54) is 0 Å². The molecule has 132 valence electrons. The van der Waals surface area contributed by atoms with Gasteiger partial charge in [-0.25, -0.2) is 0 Å². The SMILES string of the molecule is CCN(CC)C(=O)C1CCC(C(=O)Nc2cc(C)cc(C)c2)CC1. The van der Waals surface area contributed by atoms with Crippen molar-refractivity contribution in [3.05, 3.63) is 29.3 Å². The molecule has 1 aliphatic carbocycles. The van der Waals surface area contributed by atoms with Crippen LogP contribution in [0.2, 0.25) is 0 Å². The van der Waals surface area contributed by atoms with E-state index in [0.29, 0.717) is 0 Å². The van der Waals surface area contributed by atoms with E-state index in [1.54, 1.807) is 0 Å². The summed E-state index contributed by atoms with van der Waals surface area (Å²) in [6, 6.07) is 6.10. The molecule has 24 heavy (non-hydrogen) atoms. The van der Waals surface area contributed by atoms with Gasteiger partial charge in [-0.1, -0.05) is 6.07 Å². The molecule has 0 saturated heterocycles. The van der Waals surface area contributed by atoms with Gasteiger partial charge in [0.2, 0.25) is 11.8 Å². The quantitative estimate of drug-likeness (QED) is 0.889. The van der Waals surface area contributed by atoms with Gasteiger partial charge < -0.3 is 10.2 Å². The number of benzene rings is 1. The van der Waals surface area contributed by atoms with Crippen LogP contribution in [0.3, 0.4) is 0 Å². The zero-order valence-electron chi connectivity index (χ0n) is 15.4. The Kier molecular flexibility index (Phi) is 6.41. The average Bonchev–Trinajstić information content (AvgIpc) is 2.55. The minimum Gasteiger partial charge on any atom is -0.343 e. The summed E-state index contributed by atoms with van der Waals surface area (Å²) in [7, 11) is 0. The number of aryl methyl sites for hydroxylation is 2. The summed E-state index contributed by atoms with van der Waals surface area (Å²) in [5.74, 6) is 0.462. The summed E-state index contributed by atoms with van der Waals surface area (Å²) >= 11 is 0. The van der Waals surface area contributed by atoms with Gasteiger partial charge in [0.1, 0.15) is 0 Å². The molecule has 0 heterocycles. The number of nitrogens with one attached hydrogen (secondary N) is 1. The summed E-state index contributed by atoms with van der Waals surface area (Å²) < 4.78 is 0. The first-order valence-corrected chi connectivity index (χ1v) is 9.12. The molecular formula is C20H30N2O2. The second-order valence-electron chi connectivity index (χ2n) is 6.92. The minimum atomic E-state index is 0.0200. The van der Waals surface area contributed by atoms with Crippen LogP contribution >= 0.6 is 0 Å². The van der Waals surface area contributed by atoms with Gasteiger partial charge in [-0.15, -0.1) is 0 Å². The van der Waals surface area contributed by atoms with Gasteiger partial charge in [-0.3, -0.25) is 9.59 Å². The van der Waals surface area contributed by atoms with Crippen LogP contribution < -0.4 is 5.32 Å². The van der Waals surface area contributed by atoms with Crippen LogP contribution in [-0.4, -0.2) is 29.8 Å². The third-order valence-electron chi connectivity index (χ3n) is 5.01. The molecule has 0 aromatic heterocycles. The van der Waals surface area contributed by atoms with Crippen molar-refractivity contribution in [2.75, 3.05) is 18.4 Å². The molecule has 1 fully saturated rings. The van der Waals surface area contributed by atoms with Crippen molar-refractivity contribution >= 4 is 17.5 Å². The average molecular weight is 330 g/mol. The summed E-state index contributed by atoms with van der Waals surface area (Å²) in [5.41, 5.74) is 3.18. The standard InChI is InChI=1S/C20H30N2O2/c1-5-22(6-2)20(24)17-9-7-16(8-10-17)19(23)21-18-12-14(3)11-15(4)13-18/h11-13,16-17H,5-10H2,1-4H3,(H,21,23). The molecule has 1 aromatic carbocycles. The molecule has 4 heteroatoms. The first-order valence-electron chi connectivity index (χ1n) is 9.12. The first-order chi connectivity index (χ1) is 11.4. The van der Waals surface area contributed by atoms with Gasteiger partial charge in [-0.05, 0) is 76.6 Å². The highest BCUT2D eigenvalue weighted by molar-refractivity contribution is 5.93.